The highest BCUT2D eigenvalue weighted by Gasteiger charge is 2.12. The van der Waals surface area contributed by atoms with Gasteiger partial charge in [0.25, 0.3) is 5.91 Å². The summed E-state index contributed by atoms with van der Waals surface area (Å²) in [7, 11) is 0. The van der Waals surface area contributed by atoms with E-state index in [0.717, 1.165) is 0 Å². The lowest BCUT2D eigenvalue weighted by molar-refractivity contribution is -0.118. The number of rotatable bonds is 6. The number of carbonyl (C=O) groups is 1. The maximum atomic E-state index is 12.2. The van der Waals surface area contributed by atoms with Crippen molar-refractivity contribution in [2.75, 3.05) is 11.9 Å². The van der Waals surface area contributed by atoms with E-state index in [1.807, 2.05) is 0 Å². The molecule has 0 bridgehead atoms. The molecule has 4 nitrogen and oxygen atoms in total. The Hall–Kier alpha value is -1.47. The Morgan fingerprint density at radius 1 is 0.960 bits per heavy atom. The lowest BCUT2D eigenvalue weighted by Crippen LogP contribution is -2.20. The summed E-state index contributed by atoms with van der Waals surface area (Å²) in [6.45, 7) is -3.37. The van der Waals surface area contributed by atoms with Crippen molar-refractivity contribution in [2.24, 2.45) is 0 Å². The summed E-state index contributed by atoms with van der Waals surface area (Å²) < 4.78 is 33.8. The smallest absolute Gasteiger partial charge is 0.387 e. The molecule has 134 valence electrons. The number of nitrogens with one attached hydrogen (secondary N) is 1. The SMILES string of the molecule is O=C(COc1cc(Cl)c(Cl)cc1Cl)Nc1ccc(OC(F)F)c(Cl)c1. The second-order valence-electron chi connectivity index (χ2n) is 4.56. The topological polar surface area (TPSA) is 47.6 Å². The van der Waals surface area contributed by atoms with E-state index in [1.54, 1.807) is 0 Å². The summed E-state index contributed by atoms with van der Waals surface area (Å²) in [5, 5.41) is 3.08. The molecule has 0 spiro atoms. The van der Waals surface area contributed by atoms with E-state index >= 15 is 0 Å². The van der Waals surface area contributed by atoms with Crippen LogP contribution < -0.4 is 14.8 Å². The first-order chi connectivity index (χ1) is 11.8. The highest BCUT2D eigenvalue weighted by molar-refractivity contribution is 6.43. The quantitative estimate of drug-likeness (QED) is 0.578. The van der Waals surface area contributed by atoms with E-state index < -0.39 is 12.5 Å². The molecule has 2 rings (SSSR count). The molecular weight excluding hydrogens is 422 g/mol. The Balaban J connectivity index is 1.96. The van der Waals surface area contributed by atoms with Gasteiger partial charge in [0.05, 0.1) is 20.1 Å². The van der Waals surface area contributed by atoms with Gasteiger partial charge in [0.15, 0.2) is 6.61 Å². The molecule has 25 heavy (non-hydrogen) atoms. The van der Waals surface area contributed by atoms with Crippen molar-refractivity contribution in [1.29, 1.82) is 0 Å². The van der Waals surface area contributed by atoms with Crippen molar-refractivity contribution < 1.29 is 23.0 Å². The lowest BCUT2D eigenvalue weighted by atomic mass is 10.3. The molecule has 2 aromatic rings. The monoisotopic (exact) mass is 429 g/mol. The lowest BCUT2D eigenvalue weighted by Gasteiger charge is -2.11. The maximum Gasteiger partial charge on any atom is 0.387 e. The van der Waals surface area contributed by atoms with E-state index in [-0.39, 0.29) is 43.9 Å². The average Bonchev–Trinajstić information content (AvgIpc) is 2.52. The van der Waals surface area contributed by atoms with E-state index in [0.29, 0.717) is 0 Å². The zero-order valence-corrected chi connectivity index (χ0v) is 15.2. The molecule has 0 aliphatic heterocycles. The zero-order chi connectivity index (χ0) is 18.6. The van der Waals surface area contributed by atoms with Gasteiger partial charge in [-0.05, 0) is 24.3 Å². The fourth-order valence-corrected chi connectivity index (χ4v) is 2.54. The van der Waals surface area contributed by atoms with E-state index in [2.05, 4.69) is 10.1 Å². The first kappa shape index (κ1) is 19.8. The molecule has 0 aromatic heterocycles. The van der Waals surface area contributed by atoms with Crippen molar-refractivity contribution >= 4 is 58.0 Å². The number of alkyl halides is 2. The molecule has 10 heteroatoms. The summed E-state index contributed by atoms with van der Waals surface area (Å²) >= 11 is 23.4. The third-order valence-electron chi connectivity index (χ3n) is 2.77. The molecule has 0 aliphatic rings. The van der Waals surface area contributed by atoms with Crippen molar-refractivity contribution in [3.05, 3.63) is 50.4 Å². The molecule has 0 atom stereocenters. The minimum atomic E-state index is -3.00. The standard InChI is InChI=1S/C15H9Cl4F2NO3/c16-8-4-11(19)13(5-9(8)17)24-6-14(23)22-7-1-2-12(10(18)3-7)25-15(20)21/h1-5,15H,6H2,(H,22,23). The van der Waals surface area contributed by atoms with Crippen LogP contribution in [0.4, 0.5) is 14.5 Å². The molecule has 0 heterocycles. The first-order valence-electron chi connectivity index (χ1n) is 6.58. The van der Waals surface area contributed by atoms with Crippen molar-refractivity contribution in [3.63, 3.8) is 0 Å². The number of benzene rings is 2. The Kier molecular flexibility index (Phi) is 6.95. The Morgan fingerprint density at radius 3 is 2.24 bits per heavy atom. The third kappa shape index (κ3) is 5.78. The molecule has 0 fully saturated rings. The number of amides is 1. The summed E-state index contributed by atoms with van der Waals surface area (Å²) in [6, 6.07) is 6.60. The van der Waals surface area contributed by atoms with E-state index in [9.17, 15) is 13.6 Å². The summed E-state index contributed by atoms with van der Waals surface area (Å²) in [5.41, 5.74) is 0.278. The summed E-state index contributed by atoms with van der Waals surface area (Å²) in [5.74, 6) is -0.542. The van der Waals surface area contributed by atoms with Crippen LogP contribution >= 0.6 is 46.4 Å². The number of hydrogen-bond acceptors (Lipinski definition) is 3. The van der Waals surface area contributed by atoms with Crippen molar-refractivity contribution in [3.8, 4) is 11.5 Å². The Morgan fingerprint density at radius 2 is 1.60 bits per heavy atom. The van der Waals surface area contributed by atoms with Gasteiger partial charge in [-0.3, -0.25) is 4.79 Å². The molecular formula is C15H9Cl4F2NO3. The third-order valence-corrected chi connectivity index (χ3v) is 4.08. The van der Waals surface area contributed by atoms with Crippen LogP contribution in [0, 0.1) is 0 Å². The first-order valence-corrected chi connectivity index (χ1v) is 8.09. The van der Waals surface area contributed by atoms with Gasteiger partial charge in [0, 0.05) is 11.8 Å². The van der Waals surface area contributed by atoms with E-state index in [1.165, 1.54) is 30.3 Å². The molecule has 0 unspecified atom stereocenters. The Labute approximate surface area is 161 Å². The highest BCUT2D eigenvalue weighted by atomic mass is 35.5. The largest absolute Gasteiger partial charge is 0.482 e. The van der Waals surface area contributed by atoms with Gasteiger partial charge in [0.2, 0.25) is 0 Å². The number of halogens is 6. The number of ether oxygens (including phenoxy) is 2. The number of anilines is 1. The van der Waals surface area contributed by atoms with Gasteiger partial charge in [-0.25, -0.2) is 0 Å². The van der Waals surface area contributed by atoms with Crippen molar-refractivity contribution in [2.45, 2.75) is 6.61 Å². The maximum absolute atomic E-state index is 12.2. The van der Waals surface area contributed by atoms with Crippen molar-refractivity contribution in [1.82, 2.24) is 0 Å². The predicted octanol–water partition coefficient (Wildman–Crippen LogP) is 5.92. The van der Waals surface area contributed by atoms with Gasteiger partial charge in [0.1, 0.15) is 11.5 Å². The molecule has 0 saturated heterocycles. The summed E-state index contributed by atoms with van der Waals surface area (Å²) in [6.07, 6.45) is 0. The van der Waals surface area contributed by atoms with Crippen LogP contribution in [-0.4, -0.2) is 19.1 Å². The predicted molar refractivity (Wildman–Crippen MR) is 93.7 cm³/mol. The van der Waals surface area contributed by atoms with Crippen LogP contribution in [0.15, 0.2) is 30.3 Å². The van der Waals surface area contributed by atoms with E-state index in [4.69, 9.17) is 51.1 Å². The van der Waals surface area contributed by atoms with Gasteiger partial charge in [-0.15, -0.1) is 0 Å². The zero-order valence-electron chi connectivity index (χ0n) is 12.2. The van der Waals surface area contributed by atoms with Gasteiger partial charge in [-0.1, -0.05) is 46.4 Å². The van der Waals surface area contributed by atoms with Crippen LogP contribution in [0.5, 0.6) is 11.5 Å². The second kappa shape index (κ2) is 8.76. The van der Waals surface area contributed by atoms with Crippen LogP contribution in [0.2, 0.25) is 20.1 Å². The Bertz CT molecular complexity index is 790. The van der Waals surface area contributed by atoms with Crippen LogP contribution in [0.25, 0.3) is 0 Å². The van der Waals surface area contributed by atoms with Crippen LogP contribution in [0.3, 0.4) is 0 Å². The molecule has 1 amide bonds. The highest BCUT2D eigenvalue weighted by Crippen LogP contribution is 2.34. The van der Waals surface area contributed by atoms with Gasteiger partial charge in [-0.2, -0.15) is 8.78 Å². The fourth-order valence-electron chi connectivity index (χ4n) is 1.73. The van der Waals surface area contributed by atoms with Crippen LogP contribution in [0.1, 0.15) is 0 Å². The number of hydrogen-bond donors (Lipinski definition) is 1. The van der Waals surface area contributed by atoms with Gasteiger partial charge >= 0.3 is 6.61 Å². The van der Waals surface area contributed by atoms with Crippen LogP contribution in [-0.2, 0) is 4.79 Å². The minimum Gasteiger partial charge on any atom is -0.482 e. The average molecular weight is 431 g/mol. The molecule has 0 radical (unpaired) electrons. The molecule has 0 saturated carbocycles. The molecule has 1 N–H and O–H groups in total. The molecule has 2 aromatic carbocycles. The fraction of sp³-hybridized carbons (Fsp3) is 0.133. The minimum absolute atomic E-state index is 0.0773. The van der Waals surface area contributed by atoms with Gasteiger partial charge < -0.3 is 14.8 Å². The normalized spacial score (nSPS) is 10.7. The molecule has 0 aliphatic carbocycles. The number of carbonyl (C=O) groups excluding carboxylic acids is 1. The second-order valence-corrected chi connectivity index (χ2v) is 6.19. The summed E-state index contributed by atoms with van der Waals surface area (Å²) in [4.78, 5) is 11.9.